The van der Waals surface area contributed by atoms with Gasteiger partial charge in [-0.15, -0.1) is 0 Å². The van der Waals surface area contributed by atoms with Gasteiger partial charge in [-0.05, 0) is 18.2 Å². The number of nitrogens with zero attached hydrogens (tertiary/aromatic N) is 2. The highest BCUT2D eigenvalue weighted by Crippen LogP contribution is 2.28. The zero-order valence-corrected chi connectivity index (χ0v) is 13.3. The summed E-state index contributed by atoms with van der Waals surface area (Å²) in [6, 6.07) is 4.47. The van der Waals surface area contributed by atoms with Crippen molar-refractivity contribution in [2.75, 3.05) is 39.3 Å². The molecule has 1 heterocycles. The number of rotatable bonds is 4. The zero-order chi connectivity index (χ0) is 14.8. The molecule has 0 aromatic heterocycles. The molecule has 0 spiro atoms. The minimum absolute atomic E-state index is 0.0685. The molecule has 1 saturated heterocycles. The molecule has 0 saturated carbocycles. The molecule has 0 amide bonds. The second-order valence-corrected chi connectivity index (χ2v) is 7.36. The minimum Gasteiger partial charge on any atom is -0.329 e. The van der Waals surface area contributed by atoms with E-state index in [1.165, 1.54) is 16.4 Å². The monoisotopic (exact) mass is 337 g/mol. The summed E-state index contributed by atoms with van der Waals surface area (Å²) in [6.45, 7) is 3.58. The van der Waals surface area contributed by atoms with E-state index in [2.05, 4.69) is 4.90 Å². The summed E-state index contributed by atoms with van der Waals surface area (Å²) in [6.07, 6.45) is 0. The average Bonchev–Trinajstić information content (AvgIpc) is 2.42. The molecule has 112 valence electrons. The van der Waals surface area contributed by atoms with E-state index in [1.807, 2.05) is 0 Å². The minimum atomic E-state index is -3.59. The molecule has 1 aliphatic rings. The van der Waals surface area contributed by atoms with Crippen molar-refractivity contribution < 1.29 is 8.42 Å². The van der Waals surface area contributed by atoms with Crippen molar-refractivity contribution in [3.05, 3.63) is 28.2 Å². The quantitative estimate of drug-likeness (QED) is 0.898. The molecule has 5 nitrogen and oxygen atoms in total. The van der Waals surface area contributed by atoms with Crippen LogP contribution >= 0.6 is 23.2 Å². The van der Waals surface area contributed by atoms with Crippen molar-refractivity contribution in [2.45, 2.75) is 4.90 Å². The fourth-order valence-corrected chi connectivity index (χ4v) is 4.35. The van der Waals surface area contributed by atoms with Gasteiger partial charge in [0, 0.05) is 44.3 Å². The van der Waals surface area contributed by atoms with Gasteiger partial charge in [-0.2, -0.15) is 4.31 Å². The standard InChI is InChI=1S/C12H17Cl2N3O2S/c13-10-1-2-11(14)12(9-10)20(18,19)17-7-5-16(4-3-15)6-8-17/h1-2,9H,3-8,15H2. The van der Waals surface area contributed by atoms with Crippen LogP contribution < -0.4 is 5.73 Å². The van der Waals surface area contributed by atoms with E-state index in [-0.39, 0.29) is 9.92 Å². The van der Waals surface area contributed by atoms with E-state index >= 15 is 0 Å². The third kappa shape index (κ3) is 3.44. The molecule has 20 heavy (non-hydrogen) atoms. The summed E-state index contributed by atoms with van der Waals surface area (Å²) in [5.74, 6) is 0. The Morgan fingerprint density at radius 1 is 1.15 bits per heavy atom. The van der Waals surface area contributed by atoms with Gasteiger partial charge in [0.05, 0.1) is 5.02 Å². The van der Waals surface area contributed by atoms with Gasteiger partial charge in [0.2, 0.25) is 10.0 Å². The summed E-state index contributed by atoms with van der Waals surface area (Å²) in [7, 11) is -3.59. The van der Waals surface area contributed by atoms with Crippen LogP contribution in [-0.4, -0.2) is 56.9 Å². The number of halogens is 2. The zero-order valence-electron chi connectivity index (χ0n) is 10.9. The van der Waals surface area contributed by atoms with E-state index < -0.39 is 10.0 Å². The molecule has 0 aliphatic carbocycles. The van der Waals surface area contributed by atoms with E-state index in [0.717, 1.165) is 6.54 Å². The summed E-state index contributed by atoms with van der Waals surface area (Å²) < 4.78 is 26.6. The lowest BCUT2D eigenvalue weighted by atomic mass is 10.3. The summed E-state index contributed by atoms with van der Waals surface area (Å²) in [4.78, 5) is 2.21. The number of nitrogens with two attached hydrogens (primary N) is 1. The lowest BCUT2D eigenvalue weighted by molar-refractivity contribution is 0.192. The number of hydrogen-bond acceptors (Lipinski definition) is 4. The fourth-order valence-electron chi connectivity index (χ4n) is 2.19. The highest BCUT2D eigenvalue weighted by Gasteiger charge is 2.29. The van der Waals surface area contributed by atoms with Crippen molar-refractivity contribution >= 4 is 33.2 Å². The third-order valence-corrected chi connectivity index (χ3v) is 5.90. The van der Waals surface area contributed by atoms with Crippen LogP contribution in [0.15, 0.2) is 23.1 Å². The lowest BCUT2D eigenvalue weighted by Gasteiger charge is -2.33. The third-order valence-electron chi connectivity index (χ3n) is 3.29. The molecular weight excluding hydrogens is 321 g/mol. The van der Waals surface area contributed by atoms with Crippen LogP contribution in [0.25, 0.3) is 0 Å². The Morgan fingerprint density at radius 2 is 1.80 bits per heavy atom. The second kappa shape index (κ2) is 6.60. The van der Waals surface area contributed by atoms with Crippen molar-refractivity contribution in [3.8, 4) is 0 Å². The van der Waals surface area contributed by atoms with Crippen molar-refractivity contribution in [2.24, 2.45) is 5.73 Å². The van der Waals surface area contributed by atoms with E-state index in [4.69, 9.17) is 28.9 Å². The first-order valence-corrected chi connectivity index (χ1v) is 8.52. The summed E-state index contributed by atoms with van der Waals surface area (Å²) >= 11 is 11.8. The summed E-state index contributed by atoms with van der Waals surface area (Å²) in [5.41, 5.74) is 5.50. The number of hydrogen-bond donors (Lipinski definition) is 1. The molecule has 0 radical (unpaired) electrons. The molecule has 2 N–H and O–H groups in total. The smallest absolute Gasteiger partial charge is 0.244 e. The number of sulfonamides is 1. The van der Waals surface area contributed by atoms with Gasteiger partial charge in [0.25, 0.3) is 0 Å². The molecular formula is C12H17Cl2N3O2S. The first kappa shape index (κ1) is 16.0. The van der Waals surface area contributed by atoms with Gasteiger partial charge in [-0.25, -0.2) is 8.42 Å². The highest BCUT2D eigenvalue weighted by molar-refractivity contribution is 7.89. The topological polar surface area (TPSA) is 66.6 Å². The molecule has 0 unspecified atom stereocenters. The second-order valence-electron chi connectivity index (χ2n) is 4.61. The predicted octanol–water partition coefficient (Wildman–Crippen LogP) is 1.26. The molecule has 2 rings (SSSR count). The van der Waals surface area contributed by atoms with E-state index in [1.54, 1.807) is 6.07 Å². The van der Waals surface area contributed by atoms with E-state index in [9.17, 15) is 8.42 Å². The first-order chi connectivity index (χ1) is 9.45. The molecule has 1 fully saturated rings. The Balaban J connectivity index is 2.18. The largest absolute Gasteiger partial charge is 0.329 e. The molecule has 1 aromatic carbocycles. The maximum atomic E-state index is 12.6. The summed E-state index contributed by atoms with van der Waals surface area (Å²) in [5, 5.41) is 0.550. The van der Waals surface area contributed by atoms with Crippen molar-refractivity contribution in [1.82, 2.24) is 9.21 Å². The van der Waals surface area contributed by atoms with Crippen molar-refractivity contribution in [1.29, 1.82) is 0 Å². The van der Waals surface area contributed by atoms with Gasteiger partial charge < -0.3 is 5.73 Å². The van der Waals surface area contributed by atoms with Gasteiger partial charge in [0.1, 0.15) is 4.90 Å². The Morgan fingerprint density at radius 3 is 2.40 bits per heavy atom. The molecule has 0 atom stereocenters. The van der Waals surface area contributed by atoms with Crippen LogP contribution in [0.1, 0.15) is 0 Å². The highest BCUT2D eigenvalue weighted by atomic mass is 35.5. The average molecular weight is 338 g/mol. The molecule has 1 aliphatic heterocycles. The van der Waals surface area contributed by atoms with Crippen LogP contribution in [0.3, 0.4) is 0 Å². The molecule has 8 heteroatoms. The fraction of sp³-hybridized carbons (Fsp3) is 0.500. The van der Waals surface area contributed by atoms with Crippen LogP contribution in [0, 0.1) is 0 Å². The Hall–Kier alpha value is -0.370. The lowest BCUT2D eigenvalue weighted by Crippen LogP contribution is -2.49. The Kier molecular flexibility index (Phi) is 5.28. The van der Waals surface area contributed by atoms with Gasteiger partial charge in [-0.3, -0.25) is 4.90 Å². The first-order valence-electron chi connectivity index (χ1n) is 6.33. The van der Waals surface area contributed by atoms with Gasteiger partial charge in [-0.1, -0.05) is 23.2 Å². The number of benzene rings is 1. The van der Waals surface area contributed by atoms with Crippen LogP contribution in [0.2, 0.25) is 10.0 Å². The maximum absolute atomic E-state index is 12.6. The Bertz CT molecular complexity index is 572. The van der Waals surface area contributed by atoms with Gasteiger partial charge in [0.15, 0.2) is 0 Å². The van der Waals surface area contributed by atoms with Crippen LogP contribution in [0.4, 0.5) is 0 Å². The van der Waals surface area contributed by atoms with Crippen LogP contribution in [-0.2, 0) is 10.0 Å². The maximum Gasteiger partial charge on any atom is 0.244 e. The predicted molar refractivity (Wildman–Crippen MR) is 80.7 cm³/mol. The molecule has 0 bridgehead atoms. The van der Waals surface area contributed by atoms with Crippen molar-refractivity contribution in [3.63, 3.8) is 0 Å². The van der Waals surface area contributed by atoms with E-state index in [0.29, 0.717) is 37.7 Å². The van der Waals surface area contributed by atoms with Crippen LogP contribution in [0.5, 0.6) is 0 Å². The van der Waals surface area contributed by atoms with Gasteiger partial charge >= 0.3 is 0 Å². The Labute approximate surface area is 129 Å². The number of piperazine rings is 1. The molecule has 1 aromatic rings. The normalized spacial score (nSPS) is 18.4. The SMILES string of the molecule is NCCN1CCN(S(=O)(=O)c2cc(Cl)ccc2Cl)CC1.